The van der Waals surface area contributed by atoms with Crippen LogP contribution in [0.25, 0.3) is 0 Å². The number of phenols is 1. The topological polar surface area (TPSA) is 134 Å². The molecule has 0 aromatic heterocycles. The summed E-state index contributed by atoms with van der Waals surface area (Å²) < 4.78 is 0. The lowest BCUT2D eigenvalue weighted by Crippen LogP contribution is -2.47. The number of hydrogen-bond donors (Lipinski definition) is 3. The average Bonchev–Trinajstić information content (AvgIpc) is 2.85. The van der Waals surface area contributed by atoms with Gasteiger partial charge in [0.15, 0.2) is 0 Å². The molecule has 0 aliphatic rings. The van der Waals surface area contributed by atoms with Gasteiger partial charge in [-0.2, -0.15) is 16.9 Å². The van der Waals surface area contributed by atoms with Gasteiger partial charge in [0.25, 0.3) is 17.5 Å². The Kier molecular flexibility index (Phi) is 8.75. The number of aromatic hydroxyl groups is 1. The van der Waals surface area contributed by atoms with Crippen molar-refractivity contribution in [1.29, 1.82) is 0 Å². The van der Waals surface area contributed by atoms with E-state index in [-0.39, 0.29) is 22.8 Å². The predicted molar refractivity (Wildman–Crippen MR) is 131 cm³/mol. The maximum atomic E-state index is 12.8. The molecule has 3 aromatic carbocycles. The van der Waals surface area contributed by atoms with E-state index in [2.05, 4.69) is 15.8 Å². The fraction of sp³-hybridized carbons (Fsp3) is 0.125. The Balaban J connectivity index is 1.67. The Morgan fingerprint density at radius 3 is 2.38 bits per heavy atom. The molecule has 3 rings (SSSR count). The van der Waals surface area contributed by atoms with Crippen molar-refractivity contribution in [3.05, 3.63) is 106 Å². The predicted octanol–water partition coefficient (Wildman–Crippen LogP) is 3.48. The quantitative estimate of drug-likeness (QED) is 0.232. The van der Waals surface area contributed by atoms with Crippen molar-refractivity contribution in [2.24, 2.45) is 5.10 Å². The number of amides is 2. The Morgan fingerprint density at radius 1 is 1.03 bits per heavy atom. The zero-order valence-corrected chi connectivity index (χ0v) is 18.8. The van der Waals surface area contributed by atoms with Crippen LogP contribution in [-0.4, -0.2) is 39.9 Å². The summed E-state index contributed by atoms with van der Waals surface area (Å²) in [5.74, 6) is -0.158. The van der Waals surface area contributed by atoms with Crippen molar-refractivity contribution in [2.45, 2.75) is 11.8 Å². The number of hydrazone groups is 1. The minimum absolute atomic E-state index is 0.0157. The number of rotatable bonds is 10. The van der Waals surface area contributed by atoms with E-state index in [0.29, 0.717) is 11.3 Å². The molecule has 0 heterocycles. The zero-order valence-electron chi connectivity index (χ0n) is 18.0. The SMILES string of the molecule is O=C(NC(CSCc1ccccc1)C(=O)NN=Cc1ccccc1O)c1ccc([N+](=O)[O-])cc1. The third-order valence-electron chi connectivity index (χ3n) is 4.67. The molecule has 0 saturated carbocycles. The van der Waals surface area contributed by atoms with Crippen LogP contribution in [0.4, 0.5) is 5.69 Å². The molecule has 10 heteroatoms. The lowest BCUT2D eigenvalue weighted by Gasteiger charge is -2.17. The summed E-state index contributed by atoms with van der Waals surface area (Å²) in [5, 5.41) is 27.2. The van der Waals surface area contributed by atoms with Gasteiger partial charge in [0.05, 0.1) is 11.1 Å². The number of nitrogens with zero attached hydrogens (tertiary/aromatic N) is 2. The summed E-state index contributed by atoms with van der Waals surface area (Å²) in [4.78, 5) is 35.7. The Hall–Kier alpha value is -4.18. The molecule has 0 bridgehead atoms. The van der Waals surface area contributed by atoms with Crippen molar-refractivity contribution in [1.82, 2.24) is 10.7 Å². The number of hydrogen-bond acceptors (Lipinski definition) is 7. The van der Waals surface area contributed by atoms with Gasteiger partial charge in [0.2, 0.25) is 0 Å². The highest BCUT2D eigenvalue weighted by Gasteiger charge is 2.22. The van der Waals surface area contributed by atoms with Crippen molar-refractivity contribution in [3.8, 4) is 5.75 Å². The van der Waals surface area contributed by atoms with Gasteiger partial charge >= 0.3 is 0 Å². The van der Waals surface area contributed by atoms with E-state index >= 15 is 0 Å². The second kappa shape index (κ2) is 12.2. The minimum atomic E-state index is -0.919. The number of thioether (sulfide) groups is 1. The number of non-ortho nitro benzene ring substituents is 1. The van der Waals surface area contributed by atoms with Crippen LogP contribution in [0.3, 0.4) is 0 Å². The molecule has 0 aliphatic carbocycles. The summed E-state index contributed by atoms with van der Waals surface area (Å²) in [6, 6.07) is 20.4. The lowest BCUT2D eigenvalue weighted by molar-refractivity contribution is -0.384. The monoisotopic (exact) mass is 478 g/mol. The first-order valence-electron chi connectivity index (χ1n) is 10.2. The number of nitrogens with one attached hydrogen (secondary N) is 2. The lowest BCUT2D eigenvalue weighted by atomic mass is 10.2. The summed E-state index contributed by atoms with van der Waals surface area (Å²) in [5.41, 5.74) is 3.94. The first kappa shape index (κ1) is 24.5. The molecule has 3 N–H and O–H groups in total. The van der Waals surface area contributed by atoms with Crippen LogP contribution in [0.5, 0.6) is 5.75 Å². The number of carbonyl (C=O) groups excluding carboxylic acids is 2. The van der Waals surface area contributed by atoms with Crippen molar-refractivity contribution >= 4 is 35.5 Å². The number of para-hydroxylation sites is 1. The molecule has 3 aromatic rings. The third kappa shape index (κ3) is 7.17. The summed E-state index contributed by atoms with van der Waals surface area (Å²) in [7, 11) is 0. The van der Waals surface area contributed by atoms with Crippen LogP contribution in [0.2, 0.25) is 0 Å². The smallest absolute Gasteiger partial charge is 0.269 e. The van der Waals surface area contributed by atoms with Crippen molar-refractivity contribution in [2.75, 3.05) is 5.75 Å². The maximum absolute atomic E-state index is 12.8. The third-order valence-corrected chi connectivity index (χ3v) is 5.78. The molecular formula is C24H22N4O5S. The highest BCUT2D eigenvalue weighted by atomic mass is 32.2. The van der Waals surface area contributed by atoms with E-state index in [0.717, 1.165) is 5.56 Å². The number of nitro groups is 1. The number of nitro benzene ring substituents is 1. The van der Waals surface area contributed by atoms with Crippen LogP contribution in [0, 0.1) is 10.1 Å². The highest BCUT2D eigenvalue weighted by Crippen LogP contribution is 2.15. The van der Waals surface area contributed by atoms with Gasteiger partial charge in [-0.3, -0.25) is 19.7 Å². The zero-order chi connectivity index (χ0) is 24.3. The molecule has 0 spiro atoms. The molecule has 0 saturated heterocycles. The molecule has 0 radical (unpaired) electrons. The van der Waals surface area contributed by atoms with Crippen molar-refractivity contribution in [3.63, 3.8) is 0 Å². The van der Waals surface area contributed by atoms with Gasteiger partial charge in [-0.1, -0.05) is 42.5 Å². The van der Waals surface area contributed by atoms with E-state index in [1.54, 1.807) is 18.2 Å². The first-order chi connectivity index (χ1) is 16.4. The average molecular weight is 479 g/mol. The molecule has 1 atom stereocenters. The molecule has 34 heavy (non-hydrogen) atoms. The summed E-state index contributed by atoms with van der Waals surface area (Å²) in [6.45, 7) is 0. The van der Waals surface area contributed by atoms with Gasteiger partial charge in [0, 0.05) is 34.8 Å². The highest BCUT2D eigenvalue weighted by molar-refractivity contribution is 7.98. The molecule has 2 amide bonds. The van der Waals surface area contributed by atoms with Gasteiger partial charge in [-0.05, 0) is 29.8 Å². The normalized spacial score (nSPS) is 11.6. The minimum Gasteiger partial charge on any atom is -0.507 e. The fourth-order valence-electron chi connectivity index (χ4n) is 2.87. The molecule has 0 fully saturated rings. The summed E-state index contributed by atoms with van der Waals surface area (Å²) in [6.07, 6.45) is 1.31. The van der Waals surface area contributed by atoms with E-state index in [9.17, 15) is 24.8 Å². The van der Waals surface area contributed by atoms with Crippen LogP contribution in [-0.2, 0) is 10.5 Å². The van der Waals surface area contributed by atoms with Crippen LogP contribution < -0.4 is 10.7 Å². The first-order valence-corrected chi connectivity index (χ1v) is 11.4. The van der Waals surface area contributed by atoms with Crippen LogP contribution in [0.1, 0.15) is 21.5 Å². The van der Waals surface area contributed by atoms with Crippen LogP contribution >= 0.6 is 11.8 Å². The van der Waals surface area contributed by atoms with E-state index in [1.807, 2.05) is 30.3 Å². The van der Waals surface area contributed by atoms with E-state index in [4.69, 9.17) is 0 Å². The molecular weight excluding hydrogens is 456 g/mol. The van der Waals surface area contributed by atoms with Gasteiger partial charge in [-0.25, -0.2) is 5.43 Å². The number of phenolic OH excluding ortho intramolecular Hbond substituents is 1. The van der Waals surface area contributed by atoms with E-state index < -0.39 is 22.8 Å². The second-order valence-corrected chi connectivity index (χ2v) is 8.15. The molecule has 0 aliphatic heterocycles. The van der Waals surface area contributed by atoms with Crippen molar-refractivity contribution < 1.29 is 19.6 Å². The second-order valence-electron chi connectivity index (χ2n) is 7.12. The Bertz CT molecular complexity index is 1170. The standard InChI is InChI=1S/C24H22N4O5S/c29-22-9-5-4-8-19(22)14-25-27-24(31)21(16-34-15-17-6-2-1-3-7-17)26-23(30)18-10-12-20(13-11-18)28(32)33/h1-14,21,29H,15-16H2,(H,26,30)(H,27,31). The fourth-order valence-corrected chi connectivity index (χ4v) is 3.88. The largest absolute Gasteiger partial charge is 0.507 e. The van der Waals surface area contributed by atoms with Gasteiger partial charge in [0.1, 0.15) is 11.8 Å². The number of benzene rings is 3. The molecule has 1 unspecified atom stereocenters. The van der Waals surface area contributed by atoms with E-state index in [1.165, 1.54) is 48.3 Å². The number of carbonyl (C=O) groups is 2. The summed E-state index contributed by atoms with van der Waals surface area (Å²) >= 11 is 1.46. The molecule has 174 valence electrons. The van der Waals surface area contributed by atoms with Crippen LogP contribution in [0.15, 0.2) is 84.0 Å². The van der Waals surface area contributed by atoms with Gasteiger partial charge < -0.3 is 10.4 Å². The Labute approximate surface area is 200 Å². The molecule has 9 nitrogen and oxygen atoms in total. The van der Waals surface area contributed by atoms with Gasteiger partial charge in [-0.15, -0.1) is 0 Å². The maximum Gasteiger partial charge on any atom is 0.269 e. The Morgan fingerprint density at radius 2 is 1.71 bits per heavy atom.